The van der Waals surface area contributed by atoms with E-state index in [0.717, 1.165) is 10.5 Å². The molecule has 26 heavy (non-hydrogen) atoms. The number of benzene rings is 1. The molecule has 0 fully saturated rings. The van der Waals surface area contributed by atoms with E-state index in [1.807, 2.05) is 34.9 Å². The first-order valence-corrected chi connectivity index (χ1v) is 8.53. The lowest BCUT2D eigenvalue weighted by Gasteiger charge is -2.04. The van der Waals surface area contributed by atoms with Gasteiger partial charge in [0, 0.05) is 16.7 Å². The normalized spacial score (nSPS) is 11.4. The third-order valence-electron chi connectivity index (χ3n) is 3.83. The molecule has 0 aliphatic rings. The minimum absolute atomic E-state index is 0.301. The summed E-state index contributed by atoms with van der Waals surface area (Å²) in [6.45, 7) is 0. The molecule has 0 unspecified atom stereocenters. The lowest BCUT2D eigenvalue weighted by Crippen LogP contribution is -1.96. The Kier molecular flexibility index (Phi) is 3.39. The van der Waals surface area contributed by atoms with Crippen LogP contribution in [0.2, 0.25) is 0 Å². The first-order chi connectivity index (χ1) is 12.8. The maximum absolute atomic E-state index is 13.5. The maximum atomic E-state index is 13.5. The van der Waals surface area contributed by atoms with E-state index >= 15 is 0 Å². The largest absolute Gasteiger partial charge is 0.288 e. The minimum atomic E-state index is -0.301. The Hall–Kier alpha value is -3.33. The lowest BCUT2D eigenvalue weighted by atomic mass is 10.1. The SMILES string of the molecule is Fc1cccc(-c2ccc3nnc(Sc4ccc5nncn5c4)n3n2)c1. The summed E-state index contributed by atoms with van der Waals surface area (Å²) in [5.41, 5.74) is 2.74. The number of fused-ring (bicyclic) bond motifs is 2. The van der Waals surface area contributed by atoms with Crippen molar-refractivity contribution in [3.8, 4) is 11.3 Å². The second-order valence-electron chi connectivity index (χ2n) is 5.54. The summed E-state index contributed by atoms with van der Waals surface area (Å²) in [6, 6.07) is 13.8. The van der Waals surface area contributed by atoms with Crippen molar-refractivity contribution >= 4 is 23.1 Å². The summed E-state index contributed by atoms with van der Waals surface area (Å²) < 4.78 is 17.0. The lowest BCUT2D eigenvalue weighted by molar-refractivity contribution is 0.628. The van der Waals surface area contributed by atoms with Gasteiger partial charge in [-0.15, -0.1) is 20.4 Å². The average Bonchev–Trinajstić information content (AvgIpc) is 3.28. The molecule has 0 bridgehead atoms. The standard InChI is InChI=1S/C17H10FN7S/c18-12-3-1-2-11(8-12)14-5-7-16-21-22-17(25(16)23-14)26-13-4-6-15-20-19-10-24(15)9-13/h1-10H. The molecular formula is C17H10FN7S. The summed E-state index contributed by atoms with van der Waals surface area (Å²) in [5.74, 6) is -0.301. The van der Waals surface area contributed by atoms with Gasteiger partial charge in [-0.1, -0.05) is 12.1 Å². The second kappa shape index (κ2) is 5.88. The van der Waals surface area contributed by atoms with E-state index in [0.29, 0.717) is 22.1 Å². The van der Waals surface area contributed by atoms with Crippen molar-refractivity contribution in [2.45, 2.75) is 10.1 Å². The third kappa shape index (κ3) is 2.58. The van der Waals surface area contributed by atoms with Crippen molar-refractivity contribution in [3.63, 3.8) is 0 Å². The van der Waals surface area contributed by atoms with Crippen LogP contribution in [-0.4, -0.2) is 34.4 Å². The van der Waals surface area contributed by atoms with Crippen LogP contribution in [0.1, 0.15) is 0 Å². The summed E-state index contributed by atoms with van der Waals surface area (Å²) in [7, 11) is 0. The quantitative estimate of drug-likeness (QED) is 0.490. The van der Waals surface area contributed by atoms with Gasteiger partial charge in [0.05, 0.1) is 5.69 Å². The molecule has 5 aromatic rings. The highest BCUT2D eigenvalue weighted by Crippen LogP contribution is 2.27. The predicted molar refractivity (Wildman–Crippen MR) is 93.3 cm³/mol. The van der Waals surface area contributed by atoms with Crippen LogP contribution in [0.25, 0.3) is 22.6 Å². The first-order valence-electron chi connectivity index (χ1n) is 7.72. The fourth-order valence-corrected chi connectivity index (χ4v) is 3.42. The predicted octanol–water partition coefficient (Wildman–Crippen LogP) is 3.12. The molecule has 0 aliphatic carbocycles. The molecule has 0 spiro atoms. The van der Waals surface area contributed by atoms with E-state index < -0.39 is 0 Å². The Morgan fingerprint density at radius 1 is 0.923 bits per heavy atom. The highest BCUT2D eigenvalue weighted by atomic mass is 32.2. The molecule has 0 radical (unpaired) electrons. The van der Waals surface area contributed by atoms with E-state index in [4.69, 9.17) is 0 Å². The minimum Gasteiger partial charge on any atom is -0.288 e. The summed E-state index contributed by atoms with van der Waals surface area (Å²) in [4.78, 5) is 0.949. The van der Waals surface area contributed by atoms with Gasteiger partial charge in [0.15, 0.2) is 11.3 Å². The Balaban J connectivity index is 1.56. The molecule has 9 heteroatoms. The van der Waals surface area contributed by atoms with Crippen LogP contribution in [0.5, 0.6) is 0 Å². The molecule has 4 aromatic heterocycles. The molecule has 0 aliphatic heterocycles. The van der Waals surface area contributed by atoms with E-state index in [1.54, 1.807) is 23.0 Å². The van der Waals surface area contributed by atoms with E-state index in [9.17, 15) is 4.39 Å². The zero-order valence-corrected chi connectivity index (χ0v) is 14.0. The van der Waals surface area contributed by atoms with Crippen molar-refractivity contribution in [2.24, 2.45) is 0 Å². The zero-order chi connectivity index (χ0) is 17.5. The van der Waals surface area contributed by atoms with Crippen molar-refractivity contribution in [2.75, 3.05) is 0 Å². The molecule has 1 aromatic carbocycles. The van der Waals surface area contributed by atoms with Crippen molar-refractivity contribution < 1.29 is 4.39 Å². The maximum Gasteiger partial charge on any atom is 0.217 e. The number of hydrogen-bond acceptors (Lipinski definition) is 6. The van der Waals surface area contributed by atoms with Crippen molar-refractivity contribution in [1.82, 2.24) is 34.4 Å². The molecule has 0 N–H and O–H groups in total. The molecule has 126 valence electrons. The van der Waals surface area contributed by atoms with Gasteiger partial charge in [0.2, 0.25) is 5.16 Å². The molecule has 7 nitrogen and oxygen atoms in total. The zero-order valence-electron chi connectivity index (χ0n) is 13.2. The smallest absolute Gasteiger partial charge is 0.217 e. The molecule has 0 saturated heterocycles. The molecular weight excluding hydrogens is 353 g/mol. The van der Waals surface area contributed by atoms with Gasteiger partial charge in [-0.05, 0) is 48.2 Å². The Morgan fingerprint density at radius 2 is 1.85 bits per heavy atom. The number of pyridine rings is 1. The van der Waals surface area contributed by atoms with Crippen LogP contribution in [-0.2, 0) is 0 Å². The summed E-state index contributed by atoms with van der Waals surface area (Å²) >= 11 is 1.43. The van der Waals surface area contributed by atoms with Gasteiger partial charge in [-0.2, -0.15) is 9.61 Å². The fourth-order valence-electron chi connectivity index (χ4n) is 2.61. The Bertz CT molecular complexity index is 1250. The molecule has 5 rings (SSSR count). The number of aromatic nitrogens is 7. The summed E-state index contributed by atoms with van der Waals surface area (Å²) in [6.07, 6.45) is 3.55. The number of hydrogen-bond donors (Lipinski definition) is 0. The molecule has 0 amide bonds. The van der Waals surface area contributed by atoms with Gasteiger partial charge < -0.3 is 0 Å². The van der Waals surface area contributed by atoms with Gasteiger partial charge in [-0.25, -0.2) is 4.39 Å². The van der Waals surface area contributed by atoms with Gasteiger partial charge in [0.1, 0.15) is 12.1 Å². The molecule has 0 saturated carbocycles. The Morgan fingerprint density at radius 3 is 2.77 bits per heavy atom. The second-order valence-corrected chi connectivity index (χ2v) is 6.59. The van der Waals surface area contributed by atoms with Crippen LogP contribution in [0.4, 0.5) is 4.39 Å². The van der Waals surface area contributed by atoms with Crippen LogP contribution >= 0.6 is 11.8 Å². The van der Waals surface area contributed by atoms with Crippen LogP contribution in [0, 0.1) is 5.82 Å². The van der Waals surface area contributed by atoms with Gasteiger partial charge in [0.25, 0.3) is 0 Å². The number of nitrogens with zero attached hydrogens (tertiary/aromatic N) is 7. The van der Waals surface area contributed by atoms with E-state index in [-0.39, 0.29) is 5.82 Å². The first kappa shape index (κ1) is 15.0. The monoisotopic (exact) mass is 363 g/mol. The Labute approximate surface area is 150 Å². The molecule has 4 heterocycles. The van der Waals surface area contributed by atoms with Crippen LogP contribution in [0.3, 0.4) is 0 Å². The van der Waals surface area contributed by atoms with Crippen LogP contribution < -0.4 is 0 Å². The van der Waals surface area contributed by atoms with Crippen molar-refractivity contribution in [1.29, 1.82) is 0 Å². The highest BCUT2D eigenvalue weighted by Gasteiger charge is 2.11. The third-order valence-corrected chi connectivity index (χ3v) is 4.74. The summed E-state index contributed by atoms with van der Waals surface area (Å²) in [5, 5.41) is 21.4. The number of rotatable bonds is 3. The van der Waals surface area contributed by atoms with Crippen molar-refractivity contribution in [3.05, 3.63) is 66.9 Å². The average molecular weight is 363 g/mol. The highest BCUT2D eigenvalue weighted by molar-refractivity contribution is 7.99. The van der Waals surface area contributed by atoms with Gasteiger partial charge in [-0.3, -0.25) is 4.40 Å². The molecule has 0 atom stereocenters. The number of halogens is 1. The van der Waals surface area contributed by atoms with Crippen LogP contribution in [0.15, 0.2) is 71.1 Å². The van der Waals surface area contributed by atoms with E-state index in [1.165, 1.54) is 23.9 Å². The fraction of sp³-hybridized carbons (Fsp3) is 0. The van der Waals surface area contributed by atoms with E-state index in [2.05, 4.69) is 25.5 Å². The topological polar surface area (TPSA) is 73.3 Å². The van der Waals surface area contributed by atoms with Gasteiger partial charge >= 0.3 is 0 Å².